The average Bonchev–Trinajstić information content (AvgIpc) is 2.74. The number of aryl methyl sites for hydroxylation is 1. The molecule has 2 aromatic rings. The summed E-state index contributed by atoms with van der Waals surface area (Å²) in [6, 6.07) is 4.23. The van der Waals surface area contributed by atoms with Crippen molar-refractivity contribution >= 4 is 16.9 Å². The van der Waals surface area contributed by atoms with Crippen molar-refractivity contribution in [1.29, 1.82) is 0 Å². The number of hydrogen-bond acceptors (Lipinski definition) is 2. The van der Waals surface area contributed by atoms with E-state index in [-0.39, 0.29) is 11.5 Å². The molecule has 2 rings (SSSR count). The first-order chi connectivity index (χ1) is 11.1. The highest BCUT2D eigenvalue weighted by molar-refractivity contribution is 6.04. The highest BCUT2D eigenvalue weighted by atomic mass is 16.4. The molecule has 0 spiro atoms. The number of benzene rings is 1. The van der Waals surface area contributed by atoms with Crippen LogP contribution in [0.5, 0.6) is 0 Å². The second-order valence-electron chi connectivity index (χ2n) is 7.90. The molecule has 0 bridgehead atoms. The van der Waals surface area contributed by atoms with E-state index in [9.17, 15) is 9.90 Å². The van der Waals surface area contributed by atoms with Gasteiger partial charge in [-0.3, -0.25) is 0 Å². The smallest absolute Gasteiger partial charge is 0.337 e. The molecule has 24 heavy (non-hydrogen) atoms. The van der Waals surface area contributed by atoms with E-state index in [0.717, 1.165) is 35.0 Å². The van der Waals surface area contributed by atoms with Gasteiger partial charge in [-0.25, -0.2) is 4.79 Å². The Morgan fingerprint density at radius 1 is 1.29 bits per heavy atom. The minimum Gasteiger partial charge on any atom is -0.478 e. The monoisotopic (exact) mass is 330 g/mol. The Morgan fingerprint density at radius 2 is 1.92 bits per heavy atom. The molecule has 0 fully saturated rings. The van der Waals surface area contributed by atoms with Crippen LogP contribution in [0.3, 0.4) is 0 Å². The molecular formula is C20H30N2O2. The lowest BCUT2D eigenvalue weighted by molar-refractivity contribution is 0.0698. The summed E-state index contributed by atoms with van der Waals surface area (Å²) in [5.74, 6) is -0.865. The molecule has 0 atom stereocenters. The molecule has 0 amide bonds. The van der Waals surface area contributed by atoms with Gasteiger partial charge in [0.05, 0.1) is 11.1 Å². The highest BCUT2D eigenvalue weighted by Crippen LogP contribution is 2.36. The normalized spacial score (nSPS) is 12.3. The zero-order valence-corrected chi connectivity index (χ0v) is 15.7. The second kappa shape index (κ2) is 6.60. The van der Waals surface area contributed by atoms with Crippen LogP contribution < -0.4 is 5.73 Å². The van der Waals surface area contributed by atoms with Crippen LogP contribution in [0.15, 0.2) is 12.1 Å². The Morgan fingerprint density at radius 3 is 2.38 bits per heavy atom. The molecule has 1 aromatic carbocycles. The molecule has 0 saturated carbocycles. The standard InChI is InChI=1S/C20H30N2O2/c1-12(2)22-13(3)15(8-7-9-21)16-10-14(20(4,5)6)11-17(18(16)22)19(23)24/h10-12H,7-9,21H2,1-6H3,(H,23,24). The van der Waals surface area contributed by atoms with Gasteiger partial charge in [0, 0.05) is 17.1 Å². The highest BCUT2D eigenvalue weighted by Gasteiger charge is 2.25. The fraction of sp³-hybridized carbons (Fsp3) is 0.550. The summed E-state index contributed by atoms with van der Waals surface area (Å²) in [6.07, 6.45) is 1.78. The molecule has 0 aliphatic heterocycles. The minimum absolute atomic E-state index is 0.0998. The van der Waals surface area contributed by atoms with Crippen molar-refractivity contribution in [3.8, 4) is 0 Å². The molecule has 0 saturated heterocycles. The van der Waals surface area contributed by atoms with Crippen LogP contribution >= 0.6 is 0 Å². The van der Waals surface area contributed by atoms with Gasteiger partial charge in [-0.15, -0.1) is 0 Å². The van der Waals surface area contributed by atoms with Crippen LogP contribution in [-0.2, 0) is 11.8 Å². The topological polar surface area (TPSA) is 68.2 Å². The molecule has 3 N–H and O–H groups in total. The van der Waals surface area contributed by atoms with Crippen LogP contribution in [0.25, 0.3) is 10.9 Å². The van der Waals surface area contributed by atoms with Gasteiger partial charge in [0.1, 0.15) is 0 Å². The zero-order chi connectivity index (χ0) is 18.2. The quantitative estimate of drug-likeness (QED) is 0.853. The third-order valence-corrected chi connectivity index (χ3v) is 4.72. The van der Waals surface area contributed by atoms with Gasteiger partial charge in [-0.1, -0.05) is 20.8 Å². The number of rotatable bonds is 5. The number of carboxylic acid groups (broad SMARTS) is 1. The van der Waals surface area contributed by atoms with E-state index >= 15 is 0 Å². The molecule has 1 heterocycles. The molecule has 132 valence electrons. The van der Waals surface area contributed by atoms with Crippen molar-refractivity contribution in [1.82, 2.24) is 4.57 Å². The first kappa shape index (κ1) is 18.5. The maximum Gasteiger partial charge on any atom is 0.337 e. The van der Waals surface area contributed by atoms with Crippen LogP contribution in [0.1, 0.15) is 74.3 Å². The average molecular weight is 330 g/mol. The third-order valence-electron chi connectivity index (χ3n) is 4.72. The van der Waals surface area contributed by atoms with Crippen molar-refractivity contribution in [3.63, 3.8) is 0 Å². The lowest BCUT2D eigenvalue weighted by Gasteiger charge is -2.21. The van der Waals surface area contributed by atoms with Crippen molar-refractivity contribution in [2.45, 2.75) is 65.8 Å². The Balaban J connectivity index is 2.93. The molecule has 0 aliphatic rings. The molecule has 0 aliphatic carbocycles. The number of fused-ring (bicyclic) bond motifs is 1. The number of carboxylic acids is 1. The van der Waals surface area contributed by atoms with Gasteiger partial charge in [0.2, 0.25) is 0 Å². The van der Waals surface area contributed by atoms with Gasteiger partial charge in [0.25, 0.3) is 0 Å². The summed E-state index contributed by atoms with van der Waals surface area (Å²) >= 11 is 0. The van der Waals surface area contributed by atoms with Gasteiger partial charge < -0.3 is 15.4 Å². The van der Waals surface area contributed by atoms with Crippen molar-refractivity contribution in [3.05, 3.63) is 34.5 Å². The minimum atomic E-state index is -0.865. The van der Waals surface area contributed by atoms with E-state index < -0.39 is 5.97 Å². The predicted molar refractivity (Wildman–Crippen MR) is 100 cm³/mol. The van der Waals surface area contributed by atoms with Gasteiger partial charge >= 0.3 is 5.97 Å². The SMILES string of the molecule is Cc1c(CCCN)c2cc(C(C)(C)C)cc(C(=O)O)c2n1C(C)C. The fourth-order valence-corrected chi connectivity index (χ4v) is 3.47. The largest absolute Gasteiger partial charge is 0.478 e. The summed E-state index contributed by atoms with van der Waals surface area (Å²) < 4.78 is 2.16. The Kier molecular flexibility index (Phi) is 5.09. The third kappa shape index (κ3) is 3.20. The van der Waals surface area contributed by atoms with E-state index in [4.69, 9.17) is 5.73 Å². The lowest BCUT2D eigenvalue weighted by atomic mass is 9.84. The summed E-state index contributed by atoms with van der Waals surface area (Å²) in [5.41, 5.74) is 10.3. The maximum atomic E-state index is 12.0. The predicted octanol–water partition coefficient (Wildman–Crippen LogP) is 4.42. The number of hydrogen-bond donors (Lipinski definition) is 2. The fourth-order valence-electron chi connectivity index (χ4n) is 3.47. The van der Waals surface area contributed by atoms with E-state index in [0.29, 0.717) is 12.1 Å². The molecule has 1 aromatic heterocycles. The molecular weight excluding hydrogens is 300 g/mol. The van der Waals surface area contributed by atoms with E-state index in [1.165, 1.54) is 5.56 Å². The first-order valence-corrected chi connectivity index (χ1v) is 8.70. The summed E-state index contributed by atoms with van der Waals surface area (Å²) in [7, 11) is 0. The number of aromatic carboxylic acids is 1. The summed E-state index contributed by atoms with van der Waals surface area (Å²) in [4.78, 5) is 12.0. The van der Waals surface area contributed by atoms with E-state index in [1.54, 1.807) is 0 Å². The van der Waals surface area contributed by atoms with Crippen molar-refractivity contribution < 1.29 is 9.90 Å². The van der Waals surface area contributed by atoms with Crippen molar-refractivity contribution in [2.75, 3.05) is 6.54 Å². The van der Waals surface area contributed by atoms with Gasteiger partial charge in [-0.2, -0.15) is 0 Å². The van der Waals surface area contributed by atoms with Crippen molar-refractivity contribution in [2.24, 2.45) is 5.73 Å². The number of nitrogens with zero attached hydrogens (tertiary/aromatic N) is 1. The Hall–Kier alpha value is -1.81. The van der Waals surface area contributed by atoms with Crippen LogP contribution in [-0.4, -0.2) is 22.2 Å². The Labute approximate surface area is 144 Å². The van der Waals surface area contributed by atoms with E-state index in [1.807, 2.05) is 6.07 Å². The van der Waals surface area contributed by atoms with Crippen LogP contribution in [0.4, 0.5) is 0 Å². The Bertz CT molecular complexity index is 764. The molecule has 0 radical (unpaired) electrons. The van der Waals surface area contributed by atoms with Gasteiger partial charge in [-0.05, 0) is 68.8 Å². The zero-order valence-electron chi connectivity index (χ0n) is 15.7. The van der Waals surface area contributed by atoms with Crippen LogP contribution in [0, 0.1) is 6.92 Å². The van der Waals surface area contributed by atoms with Gasteiger partial charge in [0.15, 0.2) is 0 Å². The van der Waals surface area contributed by atoms with E-state index in [2.05, 4.69) is 52.2 Å². The van der Waals surface area contributed by atoms with Crippen LogP contribution in [0.2, 0.25) is 0 Å². The summed E-state index contributed by atoms with van der Waals surface area (Å²) in [6.45, 7) is 13.3. The number of carbonyl (C=O) groups is 1. The maximum absolute atomic E-state index is 12.0. The molecule has 4 nitrogen and oxygen atoms in total. The number of nitrogens with two attached hydrogens (primary N) is 1. The molecule has 4 heteroatoms. The summed E-state index contributed by atoms with van der Waals surface area (Å²) in [5, 5.41) is 10.9. The number of aromatic nitrogens is 1. The second-order valence-corrected chi connectivity index (χ2v) is 7.90. The lowest BCUT2D eigenvalue weighted by Crippen LogP contribution is -2.14. The molecule has 0 unspecified atom stereocenters. The first-order valence-electron chi connectivity index (χ1n) is 8.70.